The highest BCUT2D eigenvalue weighted by atomic mass is 32.2. The highest BCUT2D eigenvalue weighted by Crippen LogP contribution is 2.22. The maximum absolute atomic E-state index is 13.5. The summed E-state index contributed by atoms with van der Waals surface area (Å²) in [5.74, 6) is 0.794. The smallest absolute Gasteiger partial charge is 0.262 e. The second-order valence-electron chi connectivity index (χ2n) is 9.05. The number of aromatic nitrogens is 2. The molecule has 0 saturated carbocycles. The standard InChI is InChI=1S/C29H29N3O4S/c1-19(2)16-30-27(34)22-11-14-24-25(15-22)31-29(32(28(24)35)17-20-7-5-4-6-8-20)37-18-26(33)21-9-12-23(36-3)13-10-21/h4-15,19H,16-18H2,1-3H3,(H,30,34). The average molecular weight is 516 g/mol. The summed E-state index contributed by atoms with van der Waals surface area (Å²) in [7, 11) is 1.57. The Labute approximate surface area is 219 Å². The van der Waals surface area contributed by atoms with Crippen molar-refractivity contribution in [1.82, 2.24) is 14.9 Å². The Morgan fingerprint density at radius 1 is 1.00 bits per heavy atom. The predicted molar refractivity (Wildman–Crippen MR) is 147 cm³/mol. The van der Waals surface area contributed by atoms with E-state index in [9.17, 15) is 14.4 Å². The maximum Gasteiger partial charge on any atom is 0.262 e. The third-order valence-electron chi connectivity index (χ3n) is 5.78. The lowest BCUT2D eigenvalue weighted by Gasteiger charge is -2.14. The van der Waals surface area contributed by atoms with Gasteiger partial charge in [-0.2, -0.15) is 0 Å². The zero-order valence-corrected chi connectivity index (χ0v) is 21.9. The number of ether oxygens (including phenoxy) is 1. The average Bonchev–Trinajstić information content (AvgIpc) is 2.92. The van der Waals surface area contributed by atoms with Crippen molar-refractivity contribution in [3.8, 4) is 5.75 Å². The van der Waals surface area contributed by atoms with Gasteiger partial charge in [-0.15, -0.1) is 0 Å². The zero-order chi connectivity index (χ0) is 26.4. The largest absolute Gasteiger partial charge is 0.497 e. The number of carbonyl (C=O) groups is 2. The molecule has 8 heteroatoms. The van der Waals surface area contributed by atoms with E-state index in [-0.39, 0.29) is 23.0 Å². The number of rotatable bonds is 10. The first-order valence-corrected chi connectivity index (χ1v) is 13.0. The van der Waals surface area contributed by atoms with E-state index in [2.05, 4.69) is 5.32 Å². The fourth-order valence-corrected chi connectivity index (χ4v) is 4.64. The van der Waals surface area contributed by atoms with Crippen molar-refractivity contribution < 1.29 is 14.3 Å². The van der Waals surface area contributed by atoms with Crippen LogP contribution in [0.15, 0.2) is 82.7 Å². The first kappa shape index (κ1) is 26.2. The minimum Gasteiger partial charge on any atom is -0.497 e. The number of hydrogen-bond donors (Lipinski definition) is 1. The van der Waals surface area contributed by atoms with E-state index in [1.807, 2.05) is 44.2 Å². The molecule has 0 fully saturated rings. The summed E-state index contributed by atoms with van der Waals surface area (Å²) in [6, 6.07) is 21.5. The normalized spacial score (nSPS) is 11.0. The van der Waals surface area contributed by atoms with E-state index in [1.54, 1.807) is 54.1 Å². The van der Waals surface area contributed by atoms with E-state index in [0.717, 1.165) is 5.56 Å². The van der Waals surface area contributed by atoms with Crippen LogP contribution in [0.4, 0.5) is 0 Å². The van der Waals surface area contributed by atoms with Crippen LogP contribution in [-0.4, -0.2) is 40.6 Å². The summed E-state index contributed by atoms with van der Waals surface area (Å²) in [6.45, 7) is 4.91. The molecule has 0 unspecified atom stereocenters. The minimum atomic E-state index is -0.220. The molecule has 0 bridgehead atoms. The molecule has 190 valence electrons. The quantitative estimate of drug-likeness (QED) is 0.185. The molecule has 0 aliphatic rings. The topological polar surface area (TPSA) is 90.3 Å². The van der Waals surface area contributed by atoms with Gasteiger partial charge in [0.15, 0.2) is 10.9 Å². The Hall–Kier alpha value is -3.91. The number of amides is 1. The summed E-state index contributed by atoms with van der Waals surface area (Å²) < 4.78 is 6.75. The molecule has 4 rings (SSSR count). The molecule has 0 aliphatic heterocycles. The number of carbonyl (C=O) groups excluding carboxylic acids is 2. The van der Waals surface area contributed by atoms with Crippen molar-refractivity contribution in [1.29, 1.82) is 0 Å². The number of Topliss-reactive ketones (excluding diaryl/α,β-unsaturated/α-hetero) is 1. The molecule has 4 aromatic rings. The van der Waals surface area contributed by atoms with Gasteiger partial charge in [0, 0.05) is 17.7 Å². The Bertz CT molecular complexity index is 1460. The lowest BCUT2D eigenvalue weighted by Crippen LogP contribution is -2.28. The first-order chi connectivity index (χ1) is 17.9. The third kappa shape index (κ3) is 6.46. The Balaban J connectivity index is 1.68. The van der Waals surface area contributed by atoms with Crippen LogP contribution in [0.3, 0.4) is 0 Å². The Morgan fingerprint density at radius 3 is 2.38 bits per heavy atom. The zero-order valence-electron chi connectivity index (χ0n) is 21.1. The van der Waals surface area contributed by atoms with Gasteiger partial charge in [0.25, 0.3) is 11.5 Å². The van der Waals surface area contributed by atoms with E-state index in [0.29, 0.717) is 51.9 Å². The molecule has 3 aromatic carbocycles. The number of ketones is 1. The molecular weight excluding hydrogens is 486 g/mol. The van der Waals surface area contributed by atoms with E-state index in [4.69, 9.17) is 9.72 Å². The summed E-state index contributed by atoms with van der Waals surface area (Å²) in [4.78, 5) is 43.8. The number of nitrogens with one attached hydrogen (secondary N) is 1. The van der Waals surface area contributed by atoms with Crippen LogP contribution in [0.5, 0.6) is 5.75 Å². The van der Waals surface area contributed by atoms with Crippen LogP contribution in [0, 0.1) is 5.92 Å². The molecule has 0 spiro atoms. The van der Waals surface area contributed by atoms with E-state index >= 15 is 0 Å². The Morgan fingerprint density at radius 2 is 1.70 bits per heavy atom. The highest BCUT2D eigenvalue weighted by molar-refractivity contribution is 7.99. The molecule has 1 aromatic heterocycles. The number of benzene rings is 3. The fourth-order valence-electron chi connectivity index (χ4n) is 3.75. The van der Waals surface area contributed by atoms with E-state index in [1.165, 1.54) is 11.8 Å². The number of hydrogen-bond acceptors (Lipinski definition) is 6. The van der Waals surface area contributed by atoms with Crippen molar-refractivity contribution in [2.45, 2.75) is 25.5 Å². The molecule has 1 heterocycles. The van der Waals surface area contributed by atoms with Gasteiger partial charge in [0.05, 0.1) is 30.3 Å². The van der Waals surface area contributed by atoms with Crippen LogP contribution in [0.1, 0.15) is 40.1 Å². The van der Waals surface area contributed by atoms with Crippen LogP contribution < -0.4 is 15.6 Å². The fraction of sp³-hybridized carbons (Fsp3) is 0.241. The number of nitrogens with zero attached hydrogens (tertiary/aromatic N) is 2. The second-order valence-corrected chi connectivity index (χ2v) is 9.99. The molecule has 7 nitrogen and oxygen atoms in total. The summed E-state index contributed by atoms with van der Waals surface area (Å²) in [6.07, 6.45) is 0. The van der Waals surface area contributed by atoms with E-state index < -0.39 is 0 Å². The van der Waals surface area contributed by atoms with Gasteiger partial charge >= 0.3 is 0 Å². The summed E-state index contributed by atoms with van der Waals surface area (Å²) in [5.41, 5.74) is 2.13. The van der Waals surface area contributed by atoms with Gasteiger partial charge < -0.3 is 10.1 Å². The van der Waals surface area contributed by atoms with Gasteiger partial charge in [-0.05, 0) is 53.9 Å². The molecular formula is C29H29N3O4S. The summed E-state index contributed by atoms with van der Waals surface area (Å²) in [5, 5.41) is 3.73. The number of methoxy groups -OCH3 is 1. The molecule has 37 heavy (non-hydrogen) atoms. The van der Waals surface area contributed by atoms with Crippen LogP contribution in [0.2, 0.25) is 0 Å². The maximum atomic E-state index is 13.5. The molecule has 0 saturated heterocycles. The van der Waals surface area contributed by atoms with Crippen LogP contribution in [0.25, 0.3) is 10.9 Å². The lowest BCUT2D eigenvalue weighted by molar-refractivity contribution is 0.0948. The SMILES string of the molecule is COc1ccc(C(=O)CSc2nc3cc(C(=O)NCC(C)C)ccc3c(=O)n2Cc2ccccc2)cc1. The minimum absolute atomic E-state index is 0.0879. The van der Waals surface area contributed by atoms with Gasteiger partial charge in [-0.1, -0.05) is 55.9 Å². The third-order valence-corrected chi connectivity index (χ3v) is 6.76. The monoisotopic (exact) mass is 515 g/mol. The molecule has 0 aliphatic carbocycles. The van der Waals surface area contributed by atoms with Crippen molar-refractivity contribution in [3.63, 3.8) is 0 Å². The second kappa shape index (κ2) is 11.9. The van der Waals surface area contributed by atoms with Gasteiger partial charge in [-0.25, -0.2) is 4.98 Å². The first-order valence-electron chi connectivity index (χ1n) is 12.0. The van der Waals surface area contributed by atoms with Crippen molar-refractivity contribution >= 4 is 34.4 Å². The van der Waals surface area contributed by atoms with Gasteiger partial charge in [0.2, 0.25) is 0 Å². The predicted octanol–water partition coefficient (Wildman–Crippen LogP) is 4.81. The van der Waals surface area contributed by atoms with Crippen molar-refractivity contribution in [2.75, 3.05) is 19.4 Å². The number of thioether (sulfide) groups is 1. The summed E-state index contributed by atoms with van der Waals surface area (Å²) >= 11 is 1.21. The molecule has 1 amide bonds. The van der Waals surface area contributed by atoms with Crippen molar-refractivity contribution in [3.05, 3.63) is 99.8 Å². The molecule has 0 atom stereocenters. The van der Waals surface area contributed by atoms with Crippen LogP contribution >= 0.6 is 11.8 Å². The molecule has 0 radical (unpaired) electrons. The highest BCUT2D eigenvalue weighted by Gasteiger charge is 2.16. The Kier molecular flexibility index (Phi) is 8.40. The number of fused-ring (bicyclic) bond motifs is 1. The van der Waals surface area contributed by atoms with Gasteiger partial charge in [0.1, 0.15) is 5.75 Å². The molecule has 1 N–H and O–H groups in total. The lowest BCUT2D eigenvalue weighted by atomic mass is 10.1. The van der Waals surface area contributed by atoms with Gasteiger partial charge in [-0.3, -0.25) is 19.0 Å². The van der Waals surface area contributed by atoms with Crippen LogP contribution in [-0.2, 0) is 6.54 Å². The van der Waals surface area contributed by atoms with Crippen molar-refractivity contribution in [2.24, 2.45) is 5.92 Å².